The smallest absolute Gasteiger partial charge is 0.220 e. The van der Waals surface area contributed by atoms with Crippen molar-refractivity contribution in [2.24, 2.45) is 5.92 Å². The molecule has 0 unspecified atom stereocenters. The first-order valence-corrected chi connectivity index (χ1v) is 10.3. The first kappa shape index (κ1) is 20.7. The average Bonchev–Trinajstić information content (AvgIpc) is 3.02. The van der Waals surface area contributed by atoms with Crippen molar-refractivity contribution >= 4 is 11.6 Å². The predicted octanol–water partition coefficient (Wildman–Crippen LogP) is 2.06. The summed E-state index contributed by atoms with van der Waals surface area (Å²) in [6, 6.07) is 2.33. The third-order valence-electron chi connectivity index (χ3n) is 5.68. The molecule has 1 fully saturated rings. The minimum absolute atomic E-state index is 0.0921. The zero-order valence-corrected chi connectivity index (χ0v) is 17.8. The number of morpholine rings is 1. The van der Waals surface area contributed by atoms with Gasteiger partial charge in [-0.15, -0.1) is 0 Å². The van der Waals surface area contributed by atoms with Crippen LogP contribution in [0.5, 0.6) is 0 Å². The second-order valence-electron chi connectivity index (χ2n) is 8.08. The van der Waals surface area contributed by atoms with E-state index in [2.05, 4.69) is 41.1 Å². The highest BCUT2D eigenvalue weighted by Crippen LogP contribution is 2.17. The molecule has 28 heavy (non-hydrogen) atoms. The third kappa shape index (κ3) is 4.70. The quantitative estimate of drug-likeness (QED) is 0.787. The van der Waals surface area contributed by atoms with Gasteiger partial charge in [0.1, 0.15) is 0 Å². The Hall–Kier alpha value is -1.99. The molecule has 1 amide bonds. The summed E-state index contributed by atoms with van der Waals surface area (Å²) < 4.78 is 7.33. The molecule has 154 valence electrons. The van der Waals surface area contributed by atoms with Crippen LogP contribution in [0.15, 0.2) is 6.07 Å². The fraction of sp³-hybridized carbons (Fsp3) is 0.667. The zero-order valence-electron chi connectivity index (χ0n) is 17.8. The van der Waals surface area contributed by atoms with Gasteiger partial charge in [0, 0.05) is 49.6 Å². The molecule has 2 aromatic rings. The molecular formula is C21H33N5O2. The number of carbonyl (C=O) groups is 1. The monoisotopic (exact) mass is 387 g/mol. The Labute approximate surface area is 167 Å². The van der Waals surface area contributed by atoms with Crippen molar-refractivity contribution in [2.45, 2.75) is 53.5 Å². The van der Waals surface area contributed by atoms with Crippen LogP contribution in [0.3, 0.4) is 0 Å². The van der Waals surface area contributed by atoms with Crippen LogP contribution < -0.4 is 5.32 Å². The third-order valence-corrected chi connectivity index (χ3v) is 5.68. The molecule has 0 aromatic carbocycles. The van der Waals surface area contributed by atoms with Crippen molar-refractivity contribution in [2.75, 3.05) is 32.8 Å². The molecule has 1 aliphatic rings. The van der Waals surface area contributed by atoms with Crippen molar-refractivity contribution in [1.82, 2.24) is 24.8 Å². The highest BCUT2D eigenvalue weighted by molar-refractivity contribution is 5.76. The van der Waals surface area contributed by atoms with Crippen molar-refractivity contribution in [3.8, 4) is 0 Å². The lowest BCUT2D eigenvalue weighted by Gasteiger charge is -2.36. The number of amides is 1. The number of fused-ring (bicyclic) bond motifs is 1. The van der Waals surface area contributed by atoms with E-state index >= 15 is 0 Å². The van der Waals surface area contributed by atoms with Crippen LogP contribution in [-0.4, -0.2) is 64.3 Å². The van der Waals surface area contributed by atoms with Crippen LogP contribution in [0.25, 0.3) is 5.65 Å². The van der Waals surface area contributed by atoms with E-state index in [0.29, 0.717) is 31.3 Å². The Bertz CT molecular complexity index is 824. The molecule has 0 bridgehead atoms. The van der Waals surface area contributed by atoms with Gasteiger partial charge in [-0.05, 0) is 38.7 Å². The topological polar surface area (TPSA) is 71.8 Å². The second-order valence-corrected chi connectivity index (χ2v) is 8.08. The highest BCUT2D eigenvalue weighted by atomic mass is 16.5. The number of hydrogen-bond acceptors (Lipinski definition) is 5. The van der Waals surface area contributed by atoms with Gasteiger partial charge in [0.25, 0.3) is 0 Å². The standard InChI is InChI=1S/C21H33N5O2/c1-14(2)19(25-8-10-28-11-9-25)13-22-21(27)7-6-18-16(4)23-20-12-15(3)24-26(20)17(18)5/h12,14,19H,6-11,13H2,1-5H3,(H,22,27)/t19-/m1/s1. The van der Waals surface area contributed by atoms with Crippen LogP contribution in [0.4, 0.5) is 0 Å². The number of aromatic nitrogens is 3. The number of nitrogens with one attached hydrogen (secondary N) is 1. The van der Waals surface area contributed by atoms with E-state index in [9.17, 15) is 4.79 Å². The number of hydrogen-bond donors (Lipinski definition) is 1. The summed E-state index contributed by atoms with van der Waals surface area (Å²) in [5, 5.41) is 7.66. The second kappa shape index (κ2) is 9.01. The van der Waals surface area contributed by atoms with E-state index in [1.54, 1.807) is 0 Å². The van der Waals surface area contributed by atoms with Crippen molar-refractivity contribution in [3.63, 3.8) is 0 Å². The number of aryl methyl sites for hydroxylation is 3. The van der Waals surface area contributed by atoms with Crippen molar-refractivity contribution in [3.05, 3.63) is 28.7 Å². The zero-order chi connectivity index (χ0) is 20.3. The molecule has 1 saturated heterocycles. The summed E-state index contributed by atoms with van der Waals surface area (Å²) in [5.41, 5.74) is 4.97. The lowest BCUT2D eigenvalue weighted by molar-refractivity contribution is -0.121. The van der Waals surface area contributed by atoms with E-state index in [0.717, 1.165) is 54.6 Å². The molecule has 1 atom stereocenters. The minimum atomic E-state index is 0.0921. The van der Waals surface area contributed by atoms with Gasteiger partial charge in [-0.1, -0.05) is 13.8 Å². The molecule has 3 rings (SSSR count). The molecule has 0 saturated carbocycles. The first-order chi connectivity index (χ1) is 13.4. The van der Waals surface area contributed by atoms with Gasteiger partial charge in [0.05, 0.1) is 18.9 Å². The van der Waals surface area contributed by atoms with E-state index in [1.165, 1.54) is 0 Å². The minimum Gasteiger partial charge on any atom is -0.379 e. The molecule has 7 heteroatoms. The van der Waals surface area contributed by atoms with E-state index in [-0.39, 0.29) is 5.91 Å². The molecule has 0 aliphatic carbocycles. The number of carbonyl (C=O) groups excluding carboxylic acids is 1. The number of rotatable bonds is 7. The van der Waals surface area contributed by atoms with Gasteiger partial charge in [-0.25, -0.2) is 9.50 Å². The Morgan fingerprint density at radius 3 is 2.64 bits per heavy atom. The van der Waals surface area contributed by atoms with Gasteiger partial charge in [0.15, 0.2) is 5.65 Å². The van der Waals surface area contributed by atoms with Gasteiger partial charge in [-0.2, -0.15) is 5.10 Å². The summed E-state index contributed by atoms with van der Waals surface area (Å²) in [6.45, 7) is 14.6. The maximum absolute atomic E-state index is 12.5. The Morgan fingerprint density at radius 2 is 1.96 bits per heavy atom. The van der Waals surface area contributed by atoms with Gasteiger partial charge < -0.3 is 10.1 Å². The van der Waals surface area contributed by atoms with Crippen LogP contribution in [0, 0.1) is 26.7 Å². The first-order valence-electron chi connectivity index (χ1n) is 10.3. The Balaban J connectivity index is 1.58. The van der Waals surface area contributed by atoms with Crippen molar-refractivity contribution < 1.29 is 9.53 Å². The summed E-state index contributed by atoms with van der Waals surface area (Å²) in [7, 11) is 0. The lowest BCUT2D eigenvalue weighted by atomic mass is 10.0. The molecule has 1 N–H and O–H groups in total. The van der Waals surface area contributed by atoms with E-state index < -0.39 is 0 Å². The lowest BCUT2D eigenvalue weighted by Crippen LogP contribution is -2.51. The van der Waals surface area contributed by atoms with E-state index in [1.807, 2.05) is 24.4 Å². The number of ether oxygens (including phenoxy) is 1. The molecule has 7 nitrogen and oxygen atoms in total. The number of nitrogens with zero attached hydrogens (tertiary/aromatic N) is 4. The van der Waals surface area contributed by atoms with E-state index in [4.69, 9.17) is 4.74 Å². The molecule has 0 spiro atoms. The summed E-state index contributed by atoms with van der Waals surface area (Å²) in [6.07, 6.45) is 1.14. The predicted molar refractivity (Wildman–Crippen MR) is 110 cm³/mol. The fourth-order valence-electron chi connectivity index (χ4n) is 4.04. The Kier molecular flexibility index (Phi) is 6.67. The maximum atomic E-state index is 12.5. The SMILES string of the molecule is Cc1cc2nc(C)c(CCC(=O)NC[C@H](C(C)C)N3CCOCC3)c(C)n2n1. The van der Waals surface area contributed by atoms with Crippen LogP contribution in [0.2, 0.25) is 0 Å². The van der Waals surface area contributed by atoms with Crippen molar-refractivity contribution in [1.29, 1.82) is 0 Å². The summed E-state index contributed by atoms with van der Waals surface area (Å²) >= 11 is 0. The fourth-order valence-corrected chi connectivity index (χ4v) is 4.04. The summed E-state index contributed by atoms with van der Waals surface area (Å²) in [5.74, 6) is 0.576. The van der Waals surface area contributed by atoms with Crippen LogP contribution >= 0.6 is 0 Å². The average molecular weight is 388 g/mol. The maximum Gasteiger partial charge on any atom is 0.220 e. The summed E-state index contributed by atoms with van der Waals surface area (Å²) in [4.78, 5) is 19.6. The molecule has 0 radical (unpaired) electrons. The normalized spacial score (nSPS) is 16.6. The van der Waals surface area contributed by atoms with Crippen LogP contribution in [-0.2, 0) is 16.0 Å². The van der Waals surface area contributed by atoms with Crippen LogP contribution in [0.1, 0.15) is 42.9 Å². The molecule has 1 aliphatic heterocycles. The largest absolute Gasteiger partial charge is 0.379 e. The van der Waals surface area contributed by atoms with Gasteiger partial charge >= 0.3 is 0 Å². The van der Waals surface area contributed by atoms with Gasteiger partial charge in [0.2, 0.25) is 5.91 Å². The highest BCUT2D eigenvalue weighted by Gasteiger charge is 2.24. The molecule has 2 aromatic heterocycles. The Morgan fingerprint density at radius 1 is 1.25 bits per heavy atom. The van der Waals surface area contributed by atoms with Gasteiger partial charge in [-0.3, -0.25) is 9.69 Å². The molecule has 3 heterocycles. The molecular weight excluding hydrogens is 354 g/mol.